The lowest BCUT2D eigenvalue weighted by molar-refractivity contribution is -0.174. The summed E-state index contributed by atoms with van der Waals surface area (Å²) in [7, 11) is 0. The number of fused-ring (bicyclic) bond motifs is 1. The molecule has 0 fully saturated rings. The summed E-state index contributed by atoms with van der Waals surface area (Å²) in [5, 5.41) is 9.55. The number of nitrogens with zero attached hydrogens (tertiary/aromatic N) is 2. The lowest BCUT2D eigenvalue weighted by atomic mass is 10.0. The third-order valence-electron chi connectivity index (χ3n) is 3.80. The minimum Gasteiger partial charge on any atom is -0.467 e. The van der Waals surface area contributed by atoms with Gasteiger partial charge in [0.2, 0.25) is 0 Å². The number of hydrogen-bond acceptors (Lipinski definition) is 4. The summed E-state index contributed by atoms with van der Waals surface area (Å²) in [5.41, 5.74) is -0.582. The molecule has 0 saturated carbocycles. The first kappa shape index (κ1) is 17.4. The fraction of sp³-hybridized carbons (Fsp3) is 0.500. The molecule has 1 amide bonds. The van der Waals surface area contributed by atoms with Gasteiger partial charge in [-0.15, -0.1) is 0 Å². The summed E-state index contributed by atoms with van der Waals surface area (Å²) in [6.07, 6.45) is -3.36. The SMILES string of the molecule is CC(C)(C)NC(=O)c1cc2n(n1)C(C(F)(F)F)CC(c1ccco1)N2. The van der Waals surface area contributed by atoms with E-state index in [0.29, 0.717) is 5.76 Å². The average molecular weight is 356 g/mol. The zero-order valence-corrected chi connectivity index (χ0v) is 14.0. The molecule has 6 nitrogen and oxygen atoms in total. The summed E-state index contributed by atoms with van der Waals surface area (Å²) >= 11 is 0. The highest BCUT2D eigenvalue weighted by molar-refractivity contribution is 5.93. The van der Waals surface area contributed by atoms with Crippen molar-refractivity contribution in [2.75, 3.05) is 5.32 Å². The van der Waals surface area contributed by atoms with Crippen molar-refractivity contribution in [2.24, 2.45) is 0 Å². The van der Waals surface area contributed by atoms with E-state index in [0.717, 1.165) is 4.68 Å². The van der Waals surface area contributed by atoms with Crippen molar-refractivity contribution in [3.05, 3.63) is 35.9 Å². The van der Waals surface area contributed by atoms with Crippen LogP contribution in [0.3, 0.4) is 0 Å². The molecule has 136 valence electrons. The van der Waals surface area contributed by atoms with Gasteiger partial charge in [0, 0.05) is 18.0 Å². The van der Waals surface area contributed by atoms with Crippen LogP contribution in [-0.2, 0) is 0 Å². The van der Waals surface area contributed by atoms with Crippen LogP contribution in [0.1, 0.15) is 55.5 Å². The molecule has 2 aromatic rings. The van der Waals surface area contributed by atoms with Crippen molar-refractivity contribution in [3.63, 3.8) is 0 Å². The van der Waals surface area contributed by atoms with Gasteiger partial charge in [-0.1, -0.05) is 0 Å². The number of carbonyl (C=O) groups is 1. The molecule has 0 radical (unpaired) electrons. The first-order chi connectivity index (χ1) is 11.5. The lowest BCUT2D eigenvalue weighted by Crippen LogP contribution is -2.41. The highest BCUT2D eigenvalue weighted by Crippen LogP contribution is 2.43. The minimum atomic E-state index is -4.49. The number of alkyl halides is 3. The molecule has 2 aromatic heterocycles. The van der Waals surface area contributed by atoms with Crippen molar-refractivity contribution in [2.45, 2.75) is 51.0 Å². The number of halogens is 3. The quantitative estimate of drug-likeness (QED) is 0.861. The molecule has 1 aliphatic rings. The maximum atomic E-state index is 13.5. The van der Waals surface area contributed by atoms with Crippen LogP contribution in [0.5, 0.6) is 0 Å². The predicted molar refractivity (Wildman–Crippen MR) is 84.2 cm³/mol. The van der Waals surface area contributed by atoms with Crippen LogP contribution in [0.2, 0.25) is 0 Å². The standard InChI is InChI=1S/C16H19F3N4O2/c1-15(2,3)21-14(24)10-8-13-20-9(11-5-4-6-25-11)7-12(16(17,18)19)23(13)22-10/h4-6,8-9,12,20H,7H2,1-3H3,(H,21,24). The maximum absolute atomic E-state index is 13.5. The van der Waals surface area contributed by atoms with Gasteiger partial charge in [0.1, 0.15) is 11.6 Å². The van der Waals surface area contributed by atoms with Gasteiger partial charge in [-0.05, 0) is 32.9 Å². The van der Waals surface area contributed by atoms with Gasteiger partial charge in [0.05, 0.1) is 12.3 Å². The zero-order chi connectivity index (χ0) is 18.4. The first-order valence-electron chi connectivity index (χ1n) is 7.83. The topological polar surface area (TPSA) is 72.1 Å². The second-order valence-electron chi connectivity index (χ2n) is 7.07. The molecule has 2 unspecified atom stereocenters. The number of hydrogen-bond donors (Lipinski definition) is 2. The average Bonchev–Trinajstić information content (AvgIpc) is 3.12. The number of furan rings is 1. The van der Waals surface area contributed by atoms with Crippen molar-refractivity contribution >= 4 is 11.7 Å². The predicted octanol–water partition coefficient (Wildman–Crippen LogP) is 3.66. The van der Waals surface area contributed by atoms with Crippen LogP contribution >= 0.6 is 0 Å². The molecule has 0 spiro atoms. The molecule has 2 atom stereocenters. The van der Waals surface area contributed by atoms with Crippen molar-refractivity contribution in [1.29, 1.82) is 0 Å². The second-order valence-corrected chi connectivity index (χ2v) is 7.07. The Morgan fingerprint density at radius 1 is 1.40 bits per heavy atom. The van der Waals surface area contributed by atoms with E-state index in [1.807, 2.05) is 0 Å². The minimum absolute atomic E-state index is 0.0632. The molecular formula is C16H19F3N4O2. The van der Waals surface area contributed by atoms with E-state index in [4.69, 9.17) is 4.42 Å². The molecule has 25 heavy (non-hydrogen) atoms. The van der Waals surface area contributed by atoms with Crippen molar-refractivity contribution in [1.82, 2.24) is 15.1 Å². The monoisotopic (exact) mass is 356 g/mol. The Bertz CT molecular complexity index is 759. The van der Waals surface area contributed by atoms with Crippen LogP contribution in [0.25, 0.3) is 0 Å². The fourth-order valence-electron chi connectivity index (χ4n) is 2.77. The molecule has 3 heterocycles. The molecular weight excluding hydrogens is 337 g/mol. The number of nitrogens with one attached hydrogen (secondary N) is 2. The molecule has 3 rings (SSSR count). The van der Waals surface area contributed by atoms with E-state index in [1.54, 1.807) is 32.9 Å². The Morgan fingerprint density at radius 3 is 2.68 bits per heavy atom. The third kappa shape index (κ3) is 3.64. The molecule has 0 bridgehead atoms. The summed E-state index contributed by atoms with van der Waals surface area (Å²) in [4.78, 5) is 12.2. The smallest absolute Gasteiger partial charge is 0.410 e. The number of amides is 1. The number of carbonyl (C=O) groups excluding carboxylic acids is 1. The van der Waals surface area contributed by atoms with Gasteiger partial charge in [0.25, 0.3) is 5.91 Å². The largest absolute Gasteiger partial charge is 0.467 e. The van der Waals surface area contributed by atoms with E-state index >= 15 is 0 Å². The van der Waals surface area contributed by atoms with Crippen LogP contribution in [-0.4, -0.2) is 27.4 Å². The van der Waals surface area contributed by atoms with Gasteiger partial charge in [-0.3, -0.25) is 4.79 Å². The number of rotatable bonds is 2. The van der Waals surface area contributed by atoms with Gasteiger partial charge >= 0.3 is 6.18 Å². The molecule has 2 N–H and O–H groups in total. The van der Waals surface area contributed by atoms with E-state index in [1.165, 1.54) is 12.3 Å². The normalized spacial score (nSPS) is 20.7. The van der Waals surface area contributed by atoms with Gasteiger partial charge in [0.15, 0.2) is 11.7 Å². The Morgan fingerprint density at radius 2 is 2.12 bits per heavy atom. The van der Waals surface area contributed by atoms with E-state index in [9.17, 15) is 18.0 Å². The maximum Gasteiger partial charge on any atom is 0.410 e. The Labute approximate surface area is 142 Å². The van der Waals surface area contributed by atoms with Crippen molar-refractivity contribution < 1.29 is 22.4 Å². The number of aromatic nitrogens is 2. The molecule has 1 aliphatic heterocycles. The van der Waals surface area contributed by atoms with Gasteiger partial charge < -0.3 is 15.1 Å². The van der Waals surface area contributed by atoms with Gasteiger partial charge in [-0.2, -0.15) is 18.3 Å². The van der Waals surface area contributed by atoms with Crippen molar-refractivity contribution in [3.8, 4) is 0 Å². The van der Waals surface area contributed by atoms with Crippen LogP contribution in [0, 0.1) is 0 Å². The zero-order valence-electron chi connectivity index (χ0n) is 14.0. The van der Waals surface area contributed by atoms with Gasteiger partial charge in [-0.25, -0.2) is 4.68 Å². The lowest BCUT2D eigenvalue weighted by Gasteiger charge is -2.32. The van der Waals surface area contributed by atoms with Crippen LogP contribution in [0.15, 0.2) is 28.9 Å². The van der Waals surface area contributed by atoms with Crippen LogP contribution in [0.4, 0.5) is 19.0 Å². The molecule has 0 aromatic carbocycles. The Kier molecular flexibility index (Phi) is 4.04. The third-order valence-corrected chi connectivity index (χ3v) is 3.80. The second kappa shape index (κ2) is 5.82. The van der Waals surface area contributed by atoms with E-state index in [2.05, 4.69) is 15.7 Å². The molecule has 9 heteroatoms. The highest BCUT2D eigenvalue weighted by atomic mass is 19.4. The fourth-order valence-corrected chi connectivity index (χ4v) is 2.77. The Hall–Kier alpha value is -2.45. The Balaban J connectivity index is 1.95. The summed E-state index contributed by atoms with van der Waals surface area (Å²) in [6, 6.07) is 2.08. The molecule has 0 saturated heterocycles. The van der Waals surface area contributed by atoms with E-state index in [-0.39, 0.29) is 17.9 Å². The number of anilines is 1. The highest BCUT2D eigenvalue weighted by Gasteiger charge is 2.47. The summed E-state index contributed by atoms with van der Waals surface area (Å²) in [5.74, 6) is 0.0168. The van der Waals surface area contributed by atoms with E-state index < -0.39 is 29.7 Å². The summed E-state index contributed by atoms with van der Waals surface area (Å²) in [6.45, 7) is 5.35. The summed E-state index contributed by atoms with van der Waals surface area (Å²) < 4.78 is 46.6. The first-order valence-corrected chi connectivity index (χ1v) is 7.83. The van der Waals surface area contributed by atoms with Crippen LogP contribution < -0.4 is 10.6 Å². The molecule has 0 aliphatic carbocycles.